The van der Waals surface area contributed by atoms with E-state index in [9.17, 15) is 4.79 Å². The van der Waals surface area contributed by atoms with Gasteiger partial charge >= 0.3 is 5.97 Å². The SMILES string of the molecule is O=C(O)CCOc1c(Cl)cc(Cl)cc1Br. The van der Waals surface area contributed by atoms with Crippen LogP contribution in [0.25, 0.3) is 0 Å². The number of halogens is 3. The van der Waals surface area contributed by atoms with E-state index in [1.165, 1.54) is 6.07 Å². The summed E-state index contributed by atoms with van der Waals surface area (Å²) in [6, 6.07) is 3.16. The lowest BCUT2D eigenvalue weighted by atomic mass is 10.3. The zero-order valence-electron chi connectivity index (χ0n) is 7.47. The second kappa shape index (κ2) is 5.58. The van der Waals surface area contributed by atoms with Gasteiger partial charge in [0.05, 0.1) is 22.5 Å². The summed E-state index contributed by atoms with van der Waals surface area (Å²) in [6.45, 7) is 0.0648. The van der Waals surface area contributed by atoms with E-state index in [0.29, 0.717) is 20.3 Å². The largest absolute Gasteiger partial charge is 0.490 e. The number of benzene rings is 1. The van der Waals surface area contributed by atoms with Gasteiger partial charge < -0.3 is 9.84 Å². The maximum absolute atomic E-state index is 10.3. The van der Waals surface area contributed by atoms with Gasteiger partial charge in [-0.1, -0.05) is 23.2 Å². The lowest BCUT2D eigenvalue weighted by Gasteiger charge is -2.09. The van der Waals surface area contributed by atoms with Crippen molar-refractivity contribution in [1.82, 2.24) is 0 Å². The second-order valence-electron chi connectivity index (χ2n) is 2.69. The van der Waals surface area contributed by atoms with Crippen molar-refractivity contribution in [2.24, 2.45) is 0 Å². The van der Waals surface area contributed by atoms with Crippen molar-refractivity contribution in [1.29, 1.82) is 0 Å². The van der Waals surface area contributed by atoms with Gasteiger partial charge in [-0.05, 0) is 28.1 Å². The minimum absolute atomic E-state index is 0.0648. The molecule has 0 radical (unpaired) electrons. The molecule has 15 heavy (non-hydrogen) atoms. The van der Waals surface area contributed by atoms with Crippen molar-refractivity contribution in [3.8, 4) is 5.75 Å². The number of carboxylic acid groups (broad SMARTS) is 1. The third-order valence-corrected chi connectivity index (χ3v) is 2.61. The molecular weight excluding hydrogens is 307 g/mol. The molecule has 1 aromatic carbocycles. The van der Waals surface area contributed by atoms with Gasteiger partial charge in [-0.25, -0.2) is 0 Å². The van der Waals surface area contributed by atoms with Crippen LogP contribution in [-0.4, -0.2) is 17.7 Å². The fourth-order valence-electron chi connectivity index (χ4n) is 0.907. The first-order valence-corrected chi connectivity index (χ1v) is 5.54. The monoisotopic (exact) mass is 312 g/mol. The number of rotatable bonds is 4. The molecule has 0 bridgehead atoms. The first-order valence-electron chi connectivity index (χ1n) is 4.00. The molecule has 0 aliphatic rings. The van der Waals surface area contributed by atoms with Crippen molar-refractivity contribution in [2.45, 2.75) is 6.42 Å². The summed E-state index contributed by atoms with van der Waals surface area (Å²) < 4.78 is 5.82. The standard InChI is InChI=1S/C9H7BrCl2O3/c10-6-3-5(11)4-7(12)9(6)15-2-1-8(13)14/h3-4H,1-2H2,(H,13,14). The Kier molecular flexibility index (Phi) is 4.70. The van der Waals surface area contributed by atoms with E-state index in [0.717, 1.165) is 0 Å². The molecule has 0 atom stereocenters. The van der Waals surface area contributed by atoms with Crippen LogP contribution in [0.5, 0.6) is 5.75 Å². The summed E-state index contributed by atoms with van der Waals surface area (Å²) in [7, 11) is 0. The van der Waals surface area contributed by atoms with E-state index >= 15 is 0 Å². The molecule has 0 amide bonds. The van der Waals surface area contributed by atoms with Gasteiger partial charge in [0, 0.05) is 5.02 Å². The maximum atomic E-state index is 10.3. The van der Waals surface area contributed by atoms with Crippen molar-refractivity contribution in [2.75, 3.05) is 6.61 Å². The Labute approximate surface area is 105 Å². The Morgan fingerprint density at radius 1 is 1.47 bits per heavy atom. The zero-order chi connectivity index (χ0) is 11.4. The first-order chi connectivity index (χ1) is 7.00. The van der Waals surface area contributed by atoms with Crippen LogP contribution < -0.4 is 4.74 Å². The fourth-order valence-corrected chi connectivity index (χ4v) is 2.28. The van der Waals surface area contributed by atoms with Crippen LogP contribution in [0.2, 0.25) is 10.0 Å². The predicted molar refractivity (Wildman–Crippen MR) is 61.9 cm³/mol. The quantitative estimate of drug-likeness (QED) is 0.923. The third kappa shape index (κ3) is 3.89. The number of carbonyl (C=O) groups is 1. The van der Waals surface area contributed by atoms with E-state index in [4.69, 9.17) is 33.0 Å². The summed E-state index contributed by atoms with van der Waals surface area (Å²) >= 11 is 14.8. The van der Waals surface area contributed by atoms with Gasteiger partial charge in [0.1, 0.15) is 0 Å². The Morgan fingerprint density at radius 3 is 2.67 bits per heavy atom. The Bertz CT molecular complexity index is 359. The van der Waals surface area contributed by atoms with Crippen molar-refractivity contribution >= 4 is 45.1 Å². The fraction of sp³-hybridized carbons (Fsp3) is 0.222. The number of hydrogen-bond donors (Lipinski definition) is 1. The summed E-state index contributed by atoms with van der Waals surface area (Å²) in [5.74, 6) is -0.515. The lowest BCUT2D eigenvalue weighted by Crippen LogP contribution is -2.05. The van der Waals surface area contributed by atoms with Gasteiger partial charge in [-0.2, -0.15) is 0 Å². The zero-order valence-corrected chi connectivity index (χ0v) is 10.6. The normalized spacial score (nSPS) is 10.1. The van der Waals surface area contributed by atoms with Gasteiger partial charge in [0.2, 0.25) is 0 Å². The first kappa shape index (κ1) is 12.6. The predicted octanol–water partition coefficient (Wildman–Crippen LogP) is 3.61. The lowest BCUT2D eigenvalue weighted by molar-refractivity contribution is -0.137. The molecule has 0 aliphatic carbocycles. The molecule has 6 heteroatoms. The number of ether oxygens (including phenoxy) is 1. The average molecular weight is 314 g/mol. The highest BCUT2D eigenvalue weighted by atomic mass is 79.9. The molecule has 0 spiro atoms. The molecule has 0 fully saturated rings. The van der Waals surface area contributed by atoms with Gasteiger partial charge in [-0.15, -0.1) is 0 Å². The molecule has 1 rings (SSSR count). The molecule has 3 nitrogen and oxygen atoms in total. The molecule has 0 aromatic heterocycles. The summed E-state index contributed by atoms with van der Waals surface area (Å²) in [6.07, 6.45) is -0.0780. The van der Waals surface area contributed by atoms with E-state index in [2.05, 4.69) is 15.9 Å². The topological polar surface area (TPSA) is 46.5 Å². The number of hydrogen-bond acceptors (Lipinski definition) is 2. The van der Waals surface area contributed by atoms with Crippen LogP contribution >= 0.6 is 39.1 Å². The molecule has 1 aromatic rings. The molecule has 1 N–H and O–H groups in total. The highest BCUT2D eigenvalue weighted by Crippen LogP contribution is 2.35. The smallest absolute Gasteiger partial charge is 0.306 e. The van der Waals surface area contributed by atoms with E-state index in [1.807, 2.05) is 0 Å². The van der Waals surface area contributed by atoms with Crippen molar-refractivity contribution in [3.05, 3.63) is 26.7 Å². The van der Waals surface area contributed by atoms with Crippen molar-refractivity contribution in [3.63, 3.8) is 0 Å². The highest BCUT2D eigenvalue weighted by Gasteiger charge is 2.09. The minimum Gasteiger partial charge on any atom is -0.490 e. The average Bonchev–Trinajstić information content (AvgIpc) is 2.08. The summed E-state index contributed by atoms with van der Waals surface area (Å²) in [5, 5.41) is 9.26. The third-order valence-electron chi connectivity index (χ3n) is 1.53. The molecule has 0 unspecified atom stereocenters. The molecule has 0 saturated carbocycles. The Balaban J connectivity index is 2.72. The molecular formula is C9H7BrCl2O3. The van der Waals surface area contributed by atoms with Crippen LogP contribution in [0.1, 0.15) is 6.42 Å². The van der Waals surface area contributed by atoms with E-state index in [-0.39, 0.29) is 13.0 Å². The van der Waals surface area contributed by atoms with Crippen LogP contribution in [0.3, 0.4) is 0 Å². The van der Waals surface area contributed by atoms with Gasteiger partial charge in [-0.3, -0.25) is 4.79 Å². The van der Waals surface area contributed by atoms with E-state index < -0.39 is 5.97 Å². The Morgan fingerprint density at radius 2 is 2.13 bits per heavy atom. The van der Waals surface area contributed by atoms with Crippen LogP contribution in [0.4, 0.5) is 0 Å². The molecule has 0 saturated heterocycles. The summed E-state index contributed by atoms with van der Waals surface area (Å²) in [5.41, 5.74) is 0. The number of aliphatic carboxylic acids is 1. The van der Waals surface area contributed by atoms with Gasteiger partial charge in [0.25, 0.3) is 0 Å². The van der Waals surface area contributed by atoms with E-state index in [1.54, 1.807) is 6.07 Å². The van der Waals surface area contributed by atoms with Crippen LogP contribution in [0, 0.1) is 0 Å². The Hall–Kier alpha value is -0.450. The van der Waals surface area contributed by atoms with Gasteiger partial charge in [0.15, 0.2) is 5.75 Å². The highest BCUT2D eigenvalue weighted by molar-refractivity contribution is 9.10. The summed E-state index contributed by atoms with van der Waals surface area (Å²) in [4.78, 5) is 10.3. The molecule has 0 aliphatic heterocycles. The molecule has 0 heterocycles. The number of carboxylic acids is 1. The molecule has 82 valence electrons. The maximum Gasteiger partial charge on any atom is 0.306 e. The van der Waals surface area contributed by atoms with Crippen LogP contribution in [0.15, 0.2) is 16.6 Å². The second-order valence-corrected chi connectivity index (χ2v) is 4.39. The van der Waals surface area contributed by atoms with Crippen LogP contribution in [-0.2, 0) is 4.79 Å². The van der Waals surface area contributed by atoms with Crippen molar-refractivity contribution < 1.29 is 14.6 Å². The minimum atomic E-state index is -0.920.